The lowest BCUT2D eigenvalue weighted by molar-refractivity contribution is 0.266. The van der Waals surface area contributed by atoms with E-state index < -0.39 is 0 Å². The molecule has 0 fully saturated rings. The highest BCUT2D eigenvalue weighted by atomic mass is 35.5. The molecular formula is C22H24ClNO2. The van der Waals surface area contributed by atoms with Gasteiger partial charge in [0.05, 0.1) is 0 Å². The van der Waals surface area contributed by atoms with Gasteiger partial charge >= 0.3 is 0 Å². The van der Waals surface area contributed by atoms with Crippen molar-refractivity contribution in [1.29, 1.82) is 0 Å². The third-order valence-corrected chi connectivity index (χ3v) is 3.91. The molecule has 0 aliphatic carbocycles. The summed E-state index contributed by atoms with van der Waals surface area (Å²) in [5, 5.41) is 0. The first-order valence-electron chi connectivity index (χ1n) is 8.47. The number of halogens is 1. The minimum Gasteiger partial charge on any atom is -0.488 e. The maximum absolute atomic E-state index is 6.05. The molecule has 0 aliphatic heterocycles. The number of nitrogens with two attached hydrogens (primary N) is 1. The zero-order valence-corrected chi connectivity index (χ0v) is 15.7. The number of hydrogen-bond donors (Lipinski definition) is 1. The zero-order valence-electron chi connectivity index (χ0n) is 14.9. The second-order valence-corrected chi connectivity index (χ2v) is 5.94. The largest absolute Gasteiger partial charge is 0.488 e. The Morgan fingerprint density at radius 3 is 2.27 bits per heavy atom. The van der Waals surface area contributed by atoms with Gasteiger partial charge in [0.25, 0.3) is 0 Å². The highest BCUT2D eigenvalue weighted by Gasteiger charge is 2.09. The molecule has 0 spiro atoms. The average Bonchev–Trinajstić information content (AvgIpc) is 2.66. The van der Waals surface area contributed by atoms with Crippen LogP contribution in [0.2, 0.25) is 0 Å². The molecule has 2 N–H and O–H groups in total. The molecule has 0 saturated heterocycles. The highest BCUT2D eigenvalue weighted by molar-refractivity contribution is 5.85. The van der Waals surface area contributed by atoms with Gasteiger partial charge in [0.15, 0.2) is 11.5 Å². The fraction of sp³-hybridized carbons (Fsp3) is 0.182. The summed E-state index contributed by atoms with van der Waals surface area (Å²) in [6, 6.07) is 24.6. The SMILES string of the molecule is Cc1cccc(-c2ccc(OCCN)c(OCc3ccccc3)c2)c1.Cl. The summed E-state index contributed by atoms with van der Waals surface area (Å²) in [5.41, 5.74) is 10.2. The van der Waals surface area contributed by atoms with Crippen LogP contribution >= 0.6 is 12.4 Å². The van der Waals surface area contributed by atoms with Gasteiger partial charge in [-0.3, -0.25) is 0 Å². The van der Waals surface area contributed by atoms with Crippen LogP contribution in [0.5, 0.6) is 11.5 Å². The quantitative estimate of drug-likeness (QED) is 0.637. The molecule has 0 radical (unpaired) electrons. The minimum atomic E-state index is 0. The van der Waals surface area contributed by atoms with Crippen molar-refractivity contribution in [3.05, 3.63) is 83.9 Å². The van der Waals surface area contributed by atoms with Gasteiger partial charge in [-0.15, -0.1) is 12.4 Å². The van der Waals surface area contributed by atoms with Crippen molar-refractivity contribution >= 4 is 12.4 Å². The Morgan fingerprint density at radius 2 is 1.54 bits per heavy atom. The molecule has 3 aromatic carbocycles. The third-order valence-electron chi connectivity index (χ3n) is 3.91. The van der Waals surface area contributed by atoms with E-state index in [1.165, 1.54) is 5.56 Å². The first kappa shape index (κ1) is 19.8. The molecule has 0 saturated carbocycles. The van der Waals surface area contributed by atoms with Gasteiger partial charge in [-0.25, -0.2) is 0 Å². The van der Waals surface area contributed by atoms with Crippen LogP contribution in [0.3, 0.4) is 0 Å². The van der Waals surface area contributed by atoms with Gasteiger partial charge in [0, 0.05) is 6.54 Å². The maximum Gasteiger partial charge on any atom is 0.162 e. The van der Waals surface area contributed by atoms with Gasteiger partial charge in [-0.2, -0.15) is 0 Å². The molecule has 136 valence electrons. The van der Waals surface area contributed by atoms with Crippen molar-refractivity contribution in [3.63, 3.8) is 0 Å². The molecule has 26 heavy (non-hydrogen) atoms. The molecule has 0 aromatic heterocycles. The second kappa shape index (κ2) is 9.85. The van der Waals surface area contributed by atoms with E-state index in [1.807, 2.05) is 42.5 Å². The van der Waals surface area contributed by atoms with Crippen molar-refractivity contribution < 1.29 is 9.47 Å². The summed E-state index contributed by atoms with van der Waals surface area (Å²) >= 11 is 0. The first-order chi connectivity index (χ1) is 12.3. The van der Waals surface area contributed by atoms with Gasteiger partial charge in [0.2, 0.25) is 0 Å². The van der Waals surface area contributed by atoms with Gasteiger partial charge < -0.3 is 15.2 Å². The summed E-state index contributed by atoms with van der Waals surface area (Å²) in [4.78, 5) is 0. The summed E-state index contributed by atoms with van der Waals surface area (Å²) in [6.07, 6.45) is 0. The van der Waals surface area contributed by atoms with Gasteiger partial charge in [0.1, 0.15) is 13.2 Å². The van der Waals surface area contributed by atoms with Crippen LogP contribution in [0.4, 0.5) is 0 Å². The van der Waals surface area contributed by atoms with Gasteiger partial charge in [-0.1, -0.05) is 66.2 Å². The van der Waals surface area contributed by atoms with E-state index in [9.17, 15) is 0 Å². The monoisotopic (exact) mass is 369 g/mol. The standard InChI is InChI=1S/C22H23NO2.ClH/c1-17-6-5-9-19(14-17)20-10-11-21(24-13-12-23)22(15-20)25-16-18-7-3-2-4-8-18;/h2-11,14-15H,12-13,16,23H2,1H3;1H. The van der Waals surface area contributed by atoms with Gasteiger partial charge in [-0.05, 0) is 35.7 Å². The fourth-order valence-corrected chi connectivity index (χ4v) is 2.65. The summed E-state index contributed by atoms with van der Waals surface area (Å²) < 4.78 is 11.8. The van der Waals surface area contributed by atoms with Crippen molar-refractivity contribution in [2.24, 2.45) is 5.73 Å². The topological polar surface area (TPSA) is 44.5 Å². The molecule has 0 heterocycles. The Balaban J connectivity index is 0.00000243. The predicted molar refractivity (Wildman–Crippen MR) is 109 cm³/mol. The summed E-state index contributed by atoms with van der Waals surface area (Å²) in [5.74, 6) is 1.45. The molecule has 4 heteroatoms. The van der Waals surface area contributed by atoms with Crippen molar-refractivity contribution in [1.82, 2.24) is 0 Å². The zero-order chi connectivity index (χ0) is 17.5. The predicted octanol–water partition coefficient (Wildman–Crippen LogP) is 5.00. The fourth-order valence-electron chi connectivity index (χ4n) is 2.65. The number of ether oxygens (including phenoxy) is 2. The molecule has 0 amide bonds. The van der Waals surface area contributed by atoms with Crippen LogP contribution in [0.25, 0.3) is 11.1 Å². The minimum absolute atomic E-state index is 0. The van der Waals surface area contributed by atoms with Crippen LogP contribution in [0.15, 0.2) is 72.8 Å². The molecule has 0 bridgehead atoms. The first-order valence-corrected chi connectivity index (χ1v) is 8.47. The van der Waals surface area contributed by atoms with Crippen molar-refractivity contribution in [2.75, 3.05) is 13.2 Å². The number of rotatable bonds is 7. The molecule has 3 aromatic rings. The van der Waals surface area contributed by atoms with E-state index in [0.29, 0.717) is 19.8 Å². The maximum atomic E-state index is 6.05. The van der Waals surface area contributed by atoms with E-state index >= 15 is 0 Å². The van der Waals surface area contributed by atoms with E-state index in [4.69, 9.17) is 15.2 Å². The van der Waals surface area contributed by atoms with Crippen LogP contribution in [-0.2, 0) is 6.61 Å². The summed E-state index contributed by atoms with van der Waals surface area (Å²) in [6.45, 7) is 3.52. The van der Waals surface area contributed by atoms with E-state index in [0.717, 1.165) is 28.2 Å². The van der Waals surface area contributed by atoms with Crippen molar-refractivity contribution in [3.8, 4) is 22.6 Å². The van der Waals surface area contributed by atoms with E-state index in [-0.39, 0.29) is 12.4 Å². The Hall–Kier alpha value is -2.49. The Bertz CT molecular complexity index is 821. The molecule has 0 unspecified atom stereocenters. The van der Waals surface area contributed by atoms with E-state index in [1.54, 1.807) is 0 Å². The highest BCUT2D eigenvalue weighted by Crippen LogP contribution is 2.33. The van der Waals surface area contributed by atoms with Crippen LogP contribution in [-0.4, -0.2) is 13.2 Å². The summed E-state index contributed by atoms with van der Waals surface area (Å²) in [7, 11) is 0. The second-order valence-electron chi connectivity index (χ2n) is 5.94. The molecule has 3 rings (SSSR count). The third kappa shape index (κ3) is 5.25. The lowest BCUT2D eigenvalue weighted by atomic mass is 10.0. The number of benzene rings is 3. The van der Waals surface area contributed by atoms with Crippen LogP contribution in [0.1, 0.15) is 11.1 Å². The Kier molecular flexibility index (Phi) is 7.52. The molecule has 0 aliphatic rings. The Labute approximate surface area is 161 Å². The van der Waals surface area contributed by atoms with Crippen LogP contribution < -0.4 is 15.2 Å². The normalized spacial score (nSPS) is 10.1. The lowest BCUT2D eigenvalue weighted by Crippen LogP contribution is -2.11. The Morgan fingerprint density at radius 1 is 0.769 bits per heavy atom. The lowest BCUT2D eigenvalue weighted by Gasteiger charge is -2.14. The number of aryl methyl sites for hydroxylation is 1. The van der Waals surface area contributed by atoms with Crippen LogP contribution in [0, 0.1) is 6.92 Å². The smallest absolute Gasteiger partial charge is 0.162 e. The van der Waals surface area contributed by atoms with Crippen molar-refractivity contribution in [2.45, 2.75) is 13.5 Å². The molecule has 0 atom stereocenters. The number of hydrogen-bond acceptors (Lipinski definition) is 3. The molecular weight excluding hydrogens is 346 g/mol. The average molecular weight is 370 g/mol. The molecule has 3 nitrogen and oxygen atoms in total. The van der Waals surface area contributed by atoms with E-state index in [2.05, 4.69) is 37.3 Å².